The van der Waals surface area contributed by atoms with Crippen LogP contribution in [0.5, 0.6) is 5.75 Å². The zero-order chi connectivity index (χ0) is 24.9. The molecule has 9 heteroatoms. The van der Waals surface area contributed by atoms with Gasteiger partial charge in [-0.3, -0.25) is 19.3 Å². The Labute approximate surface area is 200 Å². The van der Waals surface area contributed by atoms with Crippen molar-refractivity contribution in [2.24, 2.45) is 0 Å². The zero-order valence-corrected chi connectivity index (χ0v) is 18.6. The average Bonchev–Trinajstić information content (AvgIpc) is 3.48. The van der Waals surface area contributed by atoms with E-state index in [1.807, 2.05) is 6.07 Å². The summed E-state index contributed by atoms with van der Waals surface area (Å²) in [6, 6.07) is 16.6. The lowest BCUT2D eigenvalue weighted by Crippen LogP contribution is -2.44. The van der Waals surface area contributed by atoms with Crippen LogP contribution in [-0.4, -0.2) is 34.6 Å². The highest BCUT2D eigenvalue weighted by Crippen LogP contribution is 2.25. The van der Waals surface area contributed by atoms with E-state index >= 15 is 0 Å². The molecule has 0 saturated heterocycles. The molecular formula is C26H19N3O6. The minimum Gasteiger partial charge on any atom is -0.467 e. The Kier molecular flexibility index (Phi) is 6.55. The van der Waals surface area contributed by atoms with Crippen molar-refractivity contribution < 1.29 is 28.3 Å². The number of amides is 3. The van der Waals surface area contributed by atoms with Crippen LogP contribution in [0.1, 0.15) is 39.0 Å². The second-order valence-corrected chi connectivity index (χ2v) is 7.62. The molecule has 1 aromatic heterocycles. The van der Waals surface area contributed by atoms with Crippen molar-refractivity contribution in [1.82, 2.24) is 10.2 Å². The van der Waals surface area contributed by atoms with Gasteiger partial charge in [0.2, 0.25) is 0 Å². The van der Waals surface area contributed by atoms with E-state index in [-0.39, 0.29) is 29.0 Å². The summed E-state index contributed by atoms with van der Waals surface area (Å²) in [4.78, 5) is 50.9. The third-order valence-corrected chi connectivity index (χ3v) is 5.33. The quantitative estimate of drug-likeness (QED) is 0.185. The van der Waals surface area contributed by atoms with Gasteiger partial charge in [-0.25, -0.2) is 4.79 Å². The van der Waals surface area contributed by atoms with E-state index in [2.05, 4.69) is 5.32 Å². The summed E-state index contributed by atoms with van der Waals surface area (Å²) < 4.78 is 10.5. The number of esters is 1. The molecule has 1 aliphatic heterocycles. The molecule has 3 aromatic rings. The van der Waals surface area contributed by atoms with Crippen LogP contribution in [0.3, 0.4) is 0 Å². The van der Waals surface area contributed by atoms with Crippen LogP contribution < -0.4 is 10.1 Å². The van der Waals surface area contributed by atoms with Crippen LogP contribution in [0, 0.1) is 11.3 Å². The Morgan fingerprint density at radius 3 is 2.29 bits per heavy atom. The number of nitrogens with zero attached hydrogens (tertiary/aromatic N) is 2. The first-order chi connectivity index (χ1) is 16.9. The van der Waals surface area contributed by atoms with E-state index in [1.54, 1.807) is 36.4 Å². The number of fused-ring (bicyclic) bond motifs is 1. The van der Waals surface area contributed by atoms with Gasteiger partial charge < -0.3 is 14.5 Å². The normalized spacial score (nSPS) is 13.7. The summed E-state index contributed by atoms with van der Waals surface area (Å²) >= 11 is 0. The summed E-state index contributed by atoms with van der Waals surface area (Å²) in [5, 5.41) is 11.9. The topological polar surface area (TPSA) is 130 Å². The highest BCUT2D eigenvalue weighted by Gasteiger charge is 2.41. The first-order valence-corrected chi connectivity index (χ1v) is 10.6. The molecule has 2 heterocycles. The van der Waals surface area contributed by atoms with Crippen molar-refractivity contribution in [3.8, 4) is 11.8 Å². The largest absolute Gasteiger partial charge is 0.467 e. The molecule has 0 saturated carbocycles. The van der Waals surface area contributed by atoms with Gasteiger partial charge in [0.1, 0.15) is 29.2 Å². The minimum absolute atomic E-state index is 0.111. The highest BCUT2D eigenvalue weighted by molar-refractivity contribution is 6.22. The van der Waals surface area contributed by atoms with Crippen LogP contribution in [0.25, 0.3) is 6.08 Å². The number of rotatable bonds is 7. The molecule has 0 fully saturated rings. The molecule has 1 atom stereocenters. The molecule has 0 bridgehead atoms. The smallest absolute Gasteiger partial charge is 0.334 e. The molecular weight excluding hydrogens is 450 g/mol. The molecule has 0 aliphatic carbocycles. The van der Waals surface area contributed by atoms with E-state index < -0.39 is 29.7 Å². The van der Waals surface area contributed by atoms with E-state index in [0.29, 0.717) is 11.3 Å². The first kappa shape index (κ1) is 23.2. The number of furan rings is 1. The molecule has 4 rings (SSSR count). The van der Waals surface area contributed by atoms with Crippen molar-refractivity contribution in [1.29, 1.82) is 5.26 Å². The predicted octanol–water partition coefficient (Wildman–Crippen LogP) is 3.09. The van der Waals surface area contributed by atoms with E-state index in [0.717, 1.165) is 4.90 Å². The van der Waals surface area contributed by atoms with Crippen molar-refractivity contribution in [3.05, 3.63) is 95.0 Å². The van der Waals surface area contributed by atoms with Gasteiger partial charge in [0, 0.05) is 0 Å². The van der Waals surface area contributed by atoms with Crippen molar-refractivity contribution in [2.45, 2.75) is 19.5 Å². The third kappa shape index (κ3) is 4.86. The van der Waals surface area contributed by atoms with Crippen LogP contribution in [-0.2, 0) is 16.1 Å². The fraction of sp³-hybridized carbons (Fsp3) is 0.115. The molecule has 0 spiro atoms. The van der Waals surface area contributed by atoms with E-state index in [9.17, 15) is 24.4 Å². The predicted molar refractivity (Wildman–Crippen MR) is 123 cm³/mol. The molecule has 1 aliphatic rings. The first-order valence-electron chi connectivity index (χ1n) is 10.6. The standard InChI is InChI=1S/C26H19N3O6/c1-16(29-24(31)21-6-2-3-7-22(21)25(29)32)26(33)35-19-10-8-17(9-11-19)13-18(14-27)23(30)28-15-20-5-4-12-34-20/h2-13,16H,15H2,1H3,(H,28,30)/b18-13+. The number of ether oxygens (including phenoxy) is 1. The van der Waals surface area contributed by atoms with Gasteiger partial charge in [0.25, 0.3) is 17.7 Å². The zero-order valence-electron chi connectivity index (χ0n) is 18.6. The van der Waals surface area contributed by atoms with Gasteiger partial charge in [0.15, 0.2) is 0 Å². The lowest BCUT2D eigenvalue weighted by molar-refractivity contribution is -0.138. The second kappa shape index (κ2) is 9.89. The number of carbonyl (C=O) groups excluding carboxylic acids is 4. The van der Waals surface area contributed by atoms with Crippen molar-refractivity contribution >= 4 is 29.8 Å². The Morgan fingerprint density at radius 2 is 1.71 bits per heavy atom. The number of nitriles is 1. The summed E-state index contributed by atoms with van der Waals surface area (Å²) in [6.45, 7) is 1.56. The maximum atomic E-state index is 12.6. The maximum absolute atomic E-state index is 12.6. The number of imide groups is 1. The van der Waals surface area contributed by atoms with Gasteiger partial charge in [-0.05, 0) is 55.0 Å². The van der Waals surface area contributed by atoms with Gasteiger partial charge >= 0.3 is 5.97 Å². The number of carbonyl (C=O) groups is 4. The Balaban J connectivity index is 1.39. The van der Waals surface area contributed by atoms with Gasteiger partial charge in [-0.2, -0.15) is 5.26 Å². The lowest BCUT2D eigenvalue weighted by atomic mass is 10.1. The second-order valence-electron chi connectivity index (χ2n) is 7.62. The number of hydrogen-bond acceptors (Lipinski definition) is 7. The number of nitrogens with one attached hydrogen (secondary N) is 1. The fourth-order valence-corrected chi connectivity index (χ4v) is 3.49. The Morgan fingerprint density at radius 1 is 1.06 bits per heavy atom. The summed E-state index contributed by atoms with van der Waals surface area (Å²) in [5.41, 5.74) is 0.910. The van der Waals surface area contributed by atoms with Crippen molar-refractivity contribution in [3.63, 3.8) is 0 Å². The molecule has 35 heavy (non-hydrogen) atoms. The molecule has 1 N–H and O–H groups in total. The third-order valence-electron chi connectivity index (χ3n) is 5.33. The van der Waals surface area contributed by atoms with E-state index in [4.69, 9.17) is 9.15 Å². The Bertz CT molecular complexity index is 1330. The van der Waals surface area contributed by atoms with Gasteiger partial charge in [-0.1, -0.05) is 24.3 Å². The molecule has 9 nitrogen and oxygen atoms in total. The van der Waals surface area contributed by atoms with Gasteiger partial charge in [-0.15, -0.1) is 0 Å². The minimum atomic E-state index is -1.13. The fourth-order valence-electron chi connectivity index (χ4n) is 3.49. The molecule has 1 unspecified atom stereocenters. The number of benzene rings is 2. The number of hydrogen-bond donors (Lipinski definition) is 1. The van der Waals surface area contributed by atoms with Crippen LogP contribution >= 0.6 is 0 Å². The van der Waals surface area contributed by atoms with Gasteiger partial charge in [0.05, 0.1) is 23.9 Å². The lowest BCUT2D eigenvalue weighted by Gasteiger charge is -2.20. The van der Waals surface area contributed by atoms with E-state index in [1.165, 1.54) is 43.5 Å². The maximum Gasteiger partial charge on any atom is 0.334 e. The van der Waals surface area contributed by atoms with Crippen LogP contribution in [0.4, 0.5) is 0 Å². The summed E-state index contributed by atoms with van der Waals surface area (Å²) in [6.07, 6.45) is 2.88. The molecule has 0 radical (unpaired) electrons. The molecule has 2 aromatic carbocycles. The summed E-state index contributed by atoms with van der Waals surface area (Å²) in [7, 11) is 0. The highest BCUT2D eigenvalue weighted by atomic mass is 16.5. The monoisotopic (exact) mass is 469 g/mol. The molecule has 174 valence electrons. The average molecular weight is 469 g/mol. The summed E-state index contributed by atoms with van der Waals surface area (Å²) in [5.74, 6) is -1.71. The Hall–Kier alpha value is -4.97. The van der Waals surface area contributed by atoms with Crippen LogP contribution in [0.2, 0.25) is 0 Å². The SMILES string of the molecule is CC(C(=O)Oc1ccc(/C=C(\C#N)C(=O)NCc2ccco2)cc1)N1C(=O)c2ccccc2C1=O. The van der Waals surface area contributed by atoms with Crippen LogP contribution in [0.15, 0.2) is 76.9 Å². The van der Waals surface area contributed by atoms with Crippen molar-refractivity contribution in [2.75, 3.05) is 0 Å². The molecule has 3 amide bonds.